The number of aromatic nitrogens is 4. The molecule has 0 radical (unpaired) electrons. The van der Waals surface area contributed by atoms with Crippen molar-refractivity contribution in [1.82, 2.24) is 9.13 Å². The molecule has 2 atom stereocenters. The summed E-state index contributed by atoms with van der Waals surface area (Å²) in [5.74, 6) is 0. The summed E-state index contributed by atoms with van der Waals surface area (Å²) in [6.07, 6.45) is 13.0. The Kier molecular flexibility index (Phi) is 6.39. The van der Waals surface area contributed by atoms with E-state index in [-0.39, 0.29) is 0 Å². The summed E-state index contributed by atoms with van der Waals surface area (Å²) < 4.78 is 9.02. The molecule has 5 rings (SSSR count). The van der Waals surface area contributed by atoms with Crippen molar-refractivity contribution in [2.24, 2.45) is 0 Å². The molecule has 5 aromatic rings. The molecule has 0 unspecified atom stereocenters. The highest BCUT2D eigenvalue weighted by Gasteiger charge is 2.15. The molecule has 0 saturated heterocycles. The molecule has 170 valence electrons. The molecule has 34 heavy (non-hydrogen) atoms. The summed E-state index contributed by atoms with van der Waals surface area (Å²) in [6.45, 7) is 6.21. The van der Waals surface area contributed by atoms with Crippen molar-refractivity contribution in [2.75, 3.05) is 0 Å². The van der Waals surface area contributed by atoms with Gasteiger partial charge in [-0.3, -0.25) is 0 Å². The van der Waals surface area contributed by atoms with Gasteiger partial charge in [-0.15, -0.1) is 0 Å². The van der Waals surface area contributed by atoms with Crippen LogP contribution in [0.15, 0.2) is 122 Å². The molecule has 4 heteroatoms. The van der Waals surface area contributed by atoms with E-state index in [1.807, 2.05) is 0 Å². The first-order valence-electron chi connectivity index (χ1n) is 12.0. The number of hydrogen-bond acceptors (Lipinski definition) is 0. The Bertz CT molecular complexity index is 1210. The molecular weight excluding hydrogens is 416 g/mol. The van der Waals surface area contributed by atoms with Gasteiger partial charge in [0.05, 0.1) is 0 Å². The van der Waals surface area contributed by atoms with Crippen LogP contribution in [0.5, 0.6) is 0 Å². The van der Waals surface area contributed by atoms with Crippen LogP contribution in [0.4, 0.5) is 0 Å². The van der Waals surface area contributed by atoms with E-state index in [1.165, 1.54) is 22.3 Å². The number of nitrogens with zero attached hydrogens (tertiary/aromatic N) is 4. The Labute approximate surface area is 202 Å². The van der Waals surface area contributed by atoms with E-state index in [1.54, 1.807) is 0 Å². The monoisotopic (exact) mass is 448 g/mol. The van der Waals surface area contributed by atoms with Crippen LogP contribution < -0.4 is 9.13 Å². The van der Waals surface area contributed by atoms with Crippen LogP contribution in [0.2, 0.25) is 0 Å². The van der Waals surface area contributed by atoms with E-state index in [9.17, 15) is 0 Å². The summed E-state index contributed by atoms with van der Waals surface area (Å²) in [5, 5.41) is 0. The SMILES string of the molecule is C[C@H](c1ccccc1)n1cc[n+](Cc2ccc(C[n+]3ccn([C@H](C)c4ccccc4)c3)cc2)c1. The third-order valence-corrected chi connectivity index (χ3v) is 6.64. The third-order valence-electron chi connectivity index (χ3n) is 6.64. The average Bonchev–Trinajstić information content (AvgIpc) is 3.55. The highest BCUT2D eigenvalue weighted by molar-refractivity contribution is 5.22. The van der Waals surface area contributed by atoms with Gasteiger partial charge in [0, 0.05) is 0 Å². The first-order valence-corrected chi connectivity index (χ1v) is 12.0. The molecule has 0 saturated carbocycles. The van der Waals surface area contributed by atoms with Gasteiger partial charge >= 0.3 is 0 Å². The van der Waals surface area contributed by atoms with Crippen LogP contribution in [0.25, 0.3) is 0 Å². The lowest BCUT2D eigenvalue weighted by molar-refractivity contribution is -0.688. The minimum absolute atomic E-state index is 0.318. The number of benzene rings is 3. The summed E-state index contributed by atoms with van der Waals surface area (Å²) >= 11 is 0. The minimum atomic E-state index is 0.318. The highest BCUT2D eigenvalue weighted by atomic mass is 15.1. The van der Waals surface area contributed by atoms with E-state index in [2.05, 4.69) is 154 Å². The maximum atomic E-state index is 2.27. The molecule has 3 aromatic carbocycles. The van der Waals surface area contributed by atoms with Crippen molar-refractivity contribution >= 4 is 0 Å². The second-order valence-electron chi connectivity index (χ2n) is 9.06. The highest BCUT2D eigenvalue weighted by Crippen LogP contribution is 2.17. The average molecular weight is 449 g/mol. The van der Waals surface area contributed by atoms with Gasteiger partial charge in [-0.05, 0) is 36.1 Å². The fourth-order valence-electron chi connectivity index (χ4n) is 4.45. The van der Waals surface area contributed by atoms with E-state index >= 15 is 0 Å². The van der Waals surface area contributed by atoms with Crippen LogP contribution in [-0.2, 0) is 13.1 Å². The number of rotatable bonds is 8. The summed E-state index contributed by atoms with van der Waals surface area (Å²) in [4.78, 5) is 0. The Hall–Kier alpha value is -3.92. The van der Waals surface area contributed by atoms with Crippen LogP contribution in [0, 0.1) is 0 Å². The quantitative estimate of drug-likeness (QED) is 0.291. The van der Waals surface area contributed by atoms with Gasteiger partial charge in [0.1, 0.15) is 50.0 Å². The largest absolute Gasteiger partial charge is 0.244 e. The maximum absolute atomic E-state index is 2.27. The predicted molar refractivity (Wildman–Crippen MR) is 134 cm³/mol. The van der Waals surface area contributed by atoms with Crippen LogP contribution in [0.1, 0.15) is 48.2 Å². The minimum Gasteiger partial charge on any atom is -0.233 e. The van der Waals surface area contributed by atoms with Crippen molar-refractivity contribution in [2.45, 2.75) is 39.0 Å². The van der Waals surface area contributed by atoms with Gasteiger partial charge in [0.2, 0.25) is 12.7 Å². The Morgan fingerprint density at radius 1 is 0.559 bits per heavy atom. The summed E-state index contributed by atoms with van der Waals surface area (Å²) in [5.41, 5.74) is 5.25. The van der Waals surface area contributed by atoms with E-state index in [4.69, 9.17) is 0 Å². The molecule has 0 bridgehead atoms. The Morgan fingerprint density at radius 3 is 1.32 bits per heavy atom. The van der Waals surface area contributed by atoms with Crippen LogP contribution in [-0.4, -0.2) is 9.13 Å². The Balaban J connectivity index is 1.21. The fraction of sp³-hybridized carbons (Fsp3) is 0.200. The number of imidazole rings is 2. The molecule has 0 fully saturated rings. The van der Waals surface area contributed by atoms with Gasteiger partial charge in [-0.1, -0.05) is 84.9 Å². The van der Waals surface area contributed by atoms with Gasteiger partial charge in [-0.2, -0.15) is 0 Å². The molecule has 0 spiro atoms. The van der Waals surface area contributed by atoms with E-state index in [0.29, 0.717) is 12.1 Å². The standard InChI is InChI=1S/C30H32N4/c1-25(29-9-5-3-6-10-29)33-19-17-31(23-33)21-27-13-15-28(16-14-27)22-32-18-20-34(24-32)26(2)30-11-7-4-8-12-30/h3-20,23-26H,21-22H2,1-2H3/q+2/t25-,26-/m1/s1. The molecule has 2 aromatic heterocycles. The van der Waals surface area contributed by atoms with Crippen LogP contribution in [0.3, 0.4) is 0 Å². The second kappa shape index (κ2) is 9.92. The molecule has 0 N–H and O–H groups in total. The van der Waals surface area contributed by atoms with Gasteiger partial charge in [0.25, 0.3) is 0 Å². The van der Waals surface area contributed by atoms with E-state index in [0.717, 1.165) is 13.1 Å². The molecule has 2 heterocycles. The Morgan fingerprint density at radius 2 is 0.941 bits per heavy atom. The molecular formula is C30H32N4+2. The zero-order valence-electron chi connectivity index (χ0n) is 19.9. The smallest absolute Gasteiger partial charge is 0.233 e. The normalized spacial score (nSPS) is 13.0. The molecule has 0 aliphatic carbocycles. The first kappa shape index (κ1) is 21.9. The lowest BCUT2D eigenvalue weighted by Gasteiger charge is -2.08. The summed E-state index contributed by atoms with van der Waals surface area (Å²) in [6, 6.07) is 30.9. The zero-order valence-corrected chi connectivity index (χ0v) is 19.9. The lowest BCUT2D eigenvalue weighted by Crippen LogP contribution is -2.32. The second-order valence-corrected chi connectivity index (χ2v) is 9.06. The fourth-order valence-corrected chi connectivity index (χ4v) is 4.45. The number of hydrogen-bond donors (Lipinski definition) is 0. The third kappa shape index (κ3) is 5.01. The van der Waals surface area contributed by atoms with Crippen molar-refractivity contribution in [1.29, 1.82) is 0 Å². The van der Waals surface area contributed by atoms with Gasteiger partial charge in [0.15, 0.2) is 0 Å². The van der Waals surface area contributed by atoms with Crippen LogP contribution >= 0.6 is 0 Å². The predicted octanol–water partition coefficient (Wildman–Crippen LogP) is 5.18. The topological polar surface area (TPSA) is 17.6 Å². The van der Waals surface area contributed by atoms with E-state index < -0.39 is 0 Å². The van der Waals surface area contributed by atoms with Crippen molar-refractivity contribution in [3.63, 3.8) is 0 Å². The maximum Gasteiger partial charge on any atom is 0.244 e. The molecule has 0 amide bonds. The molecule has 0 aliphatic heterocycles. The summed E-state index contributed by atoms with van der Waals surface area (Å²) in [7, 11) is 0. The lowest BCUT2D eigenvalue weighted by atomic mass is 10.1. The van der Waals surface area contributed by atoms with Crippen molar-refractivity contribution in [3.05, 3.63) is 145 Å². The zero-order chi connectivity index (χ0) is 23.3. The molecule has 0 aliphatic rings. The van der Waals surface area contributed by atoms with Gasteiger partial charge < -0.3 is 0 Å². The van der Waals surface area contributed by atoms with Crippen molar-refractivity contribution in [3.8, 4) is 0 Å². The van der Waals surface area contributed by atoms with Gasteiger partial charge in [-0.25, -0.2) is 18.3 Å². The first-order chi connectivity index (χ1) is 16.7. The van der Waals surface area contributed by atoms with Crippen molar-refractivity contribution < 1.29 is 9.13 Å². The molecule has 4 nitrogen and oxygen atoms in total.